The van der Waals surface area contributed by atoms with Gasteiger partial charge in [-0.3, -0.25) is 14.0 Å². The number of pyridine rings is 1. The van der Waals surface area contributed by atoms with Crippen LogP contribution in [-0.4, -0.2) is 56.7 Å². The predicted molar refractivity (Wildman–Crippen MR) is 113 cm³/mol. The molecule has 0 bridgehead atoms. The molecular weight excluding hydrogens is 461 g/mol. The van der Waals surface area contributed by atoms with Gasteiger partial charge >= 0.3 is 6.18 Å². The lowest BCUT2D eigenvalue weighted by Crippen LogP contribution is -2.55. The summed E-state index contributed by atoms with van der Waals surface area (Å²) in [5.74, 6) is -0.833. The lowest BCUT2D eigenvalue weighted by molar-refractivity contribution is -0.137. The first kappa shape index (κ1) is 21.8. The molecule has 0 atom stereocenters. The highest BCUT2D eigenvalue weighted by atomic mass is 35.5. The van der Waals surface area contributed by atoms with Crippen LogP contribution < -0.4 is 0 Å². The van der Waals surface area contributed by atoms with Crippen molar-refractivity contribution in [3.05, 3.63) is 47.3 Å². The molecular formula is C22H20ClF3N4O3. The number of rotatable bonds is 3. The number of imidazole rings is 1. The molecule has 1 saturated carbocycles. The van der Waals surface area contributed by atoms with E-state index in [0.717, 1.165) is 36.2 Å². The zero-order valence-corrected chi connectivity index (χ0v) is 18.2. The number of hydrogen-bond donors (Lipinski definition) is 0. The molecule has 2 fully saturated rings. The van der Waals surface area contributed by atoms with Gasteiger partial charge in [-0.2, -0.15) is 13.2 Å². The molecule has 0 N–H and O–H groups in total. The largest absolute Gasteiger partial charge is 0.472 e. The molecule has 3 aromatic heterocycles. The van der Waals surface area contributed by atoms with E-state index < -0.39 is 23.3 Å². The molecule has 1 aliphatic carbocycles. The zero-order chi connectivity index (χ0) is 23.3. The minimum Gasteiger partial charge on any atom is -0.472 e. The van der Waals surface area contributed by atoms with Crippen LogP contribution in [-0.2, 0) is 11.0 Å². The summed E-state index contributed by atoms with van der Waals surface area (Å²) in [6.07, 6.45) is 3.39. The number of alkyl halides is 3. The fourth-order valence-corrected chi connectivity index (χ4v) is 4.91. The molecule has 2 amide bonds. The van der Waals surface area contributed by atoms with Gasteiger partial charge in [0.05, 0.1) is 18.1 Å². The first-order chi connectivity index (χ1) is 15.7. The van der Waals surface area contributed by atoms with Crippen molar-refractivity contribution in [3.63, 3.8) is 0 Å². The van der Waals surface area contributed by atoms with Crippen molar-refractivity contribution in [1.82, 2.24) is 19.2 Å². The van der Waals surface area contributed by atoms with Crippen molar-refractivity contribution in [2.75, 3.05) is 19.6 Å². The quantitative estimate of drug-likeness (QED) is 0.553. The Hall–Kier alpha value is -3.01. The molecule has 1 aliphatic heterocycles. The molecule has 11 heteroatoms. The monoisotopic (exact) mass is 480 g/mol. The Bertz CT molecular complexity index is 1220. The number of amides is 2. The normalized spacial score (nSPS) is 18.0. The molecule has 0 radical (unpaired) electrons. The van der Waals surface area contributed by atoms with E-state index in [-0.39, 0.29) is 41.4 Å². The molecule has 7 nitrogen and oxygen atoms in total. The molecule has 0 aromatic carbocycles. The number of carbonyl (C=O) groups is 2. The zero-order valence-electron chi connectivity index (χ0n) is 17.4. The van der Waals surface area contributed by atoms with Gasteiger partial charge < -0.3 is 14.2 Å². The Labute approximate surface area is 191 Å². The molecule has 4 heterocycles. The summed E-state index contributed by atoms with van der Waals surface area (Å²) in [4.78, 5) is 32.9. The van der Waals surface area contributed by atoms with Crippen molar-refractivity contribution in [2.45, 2.75) is 37.9 Å². The molecule has 2 aliphatic rings. The maximum atomic E-state index is 13.8. The Morgan fingerprint density at radius 3 is 2.58 bits per heavy atom. The maximum Gasteiger partial charge on any atom is 0.420 e. The van der Waals surface area contributed by atoms with Crippen LogP contribution in [0.4, 0.5) is 13.2 Å². The van der Waals surface area contributed by atoms with Crippen molar-refractivity contribution >= 4 is 29.1 Å². The molecule has 33 heavy (non-hydrogen) atoms. The number of fused-ring (bicyclic) bond motifs is 1. The standard InChI is InChI=1S/C22H20ClF3N4O3/c23-19-18(21(32)28-6-7-29(17(31)11-28)15-3-1-2-4-15)27-20-16(22(24,25)26)9-14(10-30(19)20)13-5-8-33-12-13/h5,8-10,12,15H,1-4,6-7,11H2. The smallest absolute Gasteiger partial charge is 0.420 e. The van der Waals surface area contributed by atoms with Gasteiger partial charge in [-0.15, -0.1) is 0 Å². The van der Waals surface area contributed by atoms with E-state index in [1.807, 2.05) is 0 Å². The number of nitrogens with zero attached hydrogens (tertiary/aromatic N) is 4. The van der Waals surface area contributed by atoms with Crippen molar-refractivity contribution in [3.8, 4) is 11.1 Å². The van der Waals surface area contributed by atoms with Gasteiger partial charge in [-0.25, -0.2) is 4.98 Å². The van der Waals surface area contributed by atoms with Crippen LogP contribution in [0.5, 0.6) is 0 Å². The van der Waals surface area contributed by atoms with E-state index in [4.69, 9.17) is 16.0 Å². The fraction of sp³-hybridized carbons (Fsp3) is 0.409. The van der Waals surface area contributed by atoms with Crippen LogP contribution in [0, 0.1) is 0 Å². The van der Waals surface area contributed by atoms with Crippen LogP contribution in [0.3, 0.4) is 0 Å². The van der Waals surface area contributed by atoms with Crippen LogP contribution in [0.1, 0.15) is 41.7 Å². The summed E-state index contributed by atoms with van der Waals surface area (Å²) < 4.78 is 47.5. The average Bonchev–Trinajstić information content (AvgIpc) is 3.54. The second kappa shape index (κ2) is 8.09. The van der Waals surface area contributed by atoms with E-state index in [2.05, 4.69) is 4.98 Å². The third kappa shape index (κ3) is 3.86. The summed E-state index contributed by atoms with van der Waals surface area (Å²) in [6.45, 7) is 0.516. The molecule has 3 aromatic rings. The van der Waals surface area contributed by atoms with Crippen LogP contribution in [0.15, 0.2) is 35.3 Å². The first-order valence-corrected chi connectivity index (χ1v) is 11.0. The SMILES string of the molecule is O=C(c1nc2c(C(F)(F)F)cc(-c3ccoc3)cn2c1Cl)N1CCN(C2CCCC2)C(=O)C1. The number of carbonyl (C=O) groups excluding carboxylic acids is 2. The van der Waals surface area contributed by atoms with Gasteiger partial charge in [0.1, 0.15) is 11.7 Å². The Balaban J connectivity index is 1.49. The lowest BCUT2D eigenvalue weighted by Gasteiger charge is -2.37. The number of furan rings is 1. The van der Waals surface area contributed by atoms with Crippen molar-refractivity contribution in [2.24, 2.45) is 0 Å². The van der Waals surface area contributed by atoms with E-state index in [1.54, 1.807) is 4.90 Å². The summed E-state index contributed by atoms with van der Waals surface area (Å²) in [5.41, 5.74) is -1.17. The highest BCUT2D eigenvalue weighted by molar-refractivity contribution is 6.33. The number of halogens is 4. The first-order valence-electron chi connectivity index (χ1n) is 10.6. The van der Waals surface area contributed by atoms with Crippen LogP contribution in [0.25, 0.3) is 16.8 Å². The van der Waals surface area contributed by atoms with E-state index in [1.165, 1.54) is 29.7 Å². The second-order valence-electron chi connectivity index (χ2n) is 8.35. The second-order valence-corrected chi connectivity index (χ2v) is 8.71. The topological polar surface area (TPSA) is 71.1 Å². The van der Waals surface area contributed by atoms with Gasteiger partial charge in [0.15, 0.2) is 11.3 Å². The molecule has 0 spiro atoms. The summed E-state index contributed by atoms with van der Waals surface area (Å²) in [7, 11) is 0. The summed E-state index contributed by atoms with van der Waals surface area (Å²) in [6, 6.07) is 2.67. The average molecular weight is 481 g/mol. The molecule has 1 saturated heterocycles. The minimum atomic E-state index is -4.72. The van der Waals surface area contributed by atoms with Gasteiger partial charge in [-0.1, -0.05) is 24.4 Å². The van der Waals surface area contributed by atoms with Crippen molar-refractivity contribution in [1.29, 1.82) is 0 Å². The fourth-order valence-electron chi connectivity index (χ4n) is 4.66. The van der Waals surface area contributed by atoms with Crippen LogP contribution in [0.2, 0.25) is 5.15 Å². The molecule has 174 valence electrons. The van der Waals surface area contributed by atoms with E-state index in [0.29, 0.717) is 12.1 Å². The van der Waals surface area contributed by atoms with Crippen LogP contribution >= 0.6 is 11.6 Å². The van der Waals surface area contributed by atoms with Gasteiger partial charge in [-0.05, 0) is 25.0 Å². The summed E-state index contributed by atoms with van der Waals surface area (Å²) in [5, 5.41) is -0.239. The Kier molecular flexibility index (Phi) is 5.35. The minimum absolute atomic E-state index is 0.147. The highest BCUT2D eigenvalue weighted by Crippen LogP contribution is 2.37. The number of hydrogen-bond acceptors (Lipinski definition) is 4. The Morgan fingerprint density at radius 2 is 1.94 bits per heavy atom. The maximum absolute atomic E-state index is 13.8. The van der Waals surface area contributed by atoms with Gasteiger partial charge in [0, 0.05) is 36.5 Å². The number of piperazine rings is 1. The molecule has 5 rings (SSSR count). The number of aromatic nitrogens is 2. The Morgan fingerprint density at radius 1 is 1.18 bits per heavy atom. The molecule has 0 unspecified atom stereocenters. The van der Waals surface area contributed by atoms with Gasteiger partial charge in [0.25, 0.3) is 5.91 Å². The summed E-state index contributed by atoms with van der Waals surface area (Å²) >= 11 is 6.36. The van der Waals surface area contributed by atoms with E-state index >= 15 is 0 Å². The van der Waals surface area contributed by atoms with E-state index in [9.17, 15) is 22.8 Å². The van der Waals surface area contributed by atoms with Gasteiger partial charge in [0.2, 0.25) is 5.91 Å². The predicted octanol–water partition coefficient (Wildman–Crippen LogP) is 4.49. The van der Waals surface area contributed by atoms with Crippen molar-refractivity contribution < 1.29 is 27.2 Å². The lowest BCUT2D eigenvalue weighted by atomic mass is 10.1. The third-order valence-electron chi connectivity index (χ3n) is 6.33. The highest BCUT2D eigenvalue weighted by Gasteiger charge is 2.38. The third-order valence-corrected chi connectivity index (χ3v) is 6.70.